The fourth-order valence-electron chi connectivity index (χ4n) is 4.43. The van der Waals surface area contributed by atoms with Crippen LogP contribution in [0, 0.1) is 11.2 Å². The number of nitrogens with zero attached hydrogens (tertiary/aromatic N) is 2. The highest BCUT2D eigenvalue weighted by atomic mass is 35.5. The number of rotatable bonds is 4. The zero-order valence-corrected chi connectivity index (χ0v) is 16.5. The third-order valence-corrected chi connectivity index (χ3v) is 6.47. The highest BCUT2D eigenvalue weighted by Crippen LogP contribution is 2.43. The van der Waals surface area contributed by atoms with E-state index in [0.29, 0.717) is 19.7 Å². The molecular formula is C20H21ClF2N2O4. The molecule has 9 heteroatoms. The number of pyridine rings is 1. The molecule has 156 valence electrons. The van der Waals surface area contributed by atoms with Gasteiger partial charge in [0.2, 0.25) is 5.43 Å². The predicted octanol–water partition coefficient (Wildman–Crippen LogP) is 3.47. The average Bonchev–Trinajstić information content (AvgIpc) is 3.13. The molecule has 2 aliphatic heterocycles. The predicted molar refractivity (Wildman–Crippen MR) is 105 cm³/mol. The Morgan fingerprint density at radius 3 is 2.62 bits per heavy atom. The maximum absolute atomic E-state index is 15.0. The number of piperidine rings is 1. The van der Waals surface area contributed by atoms with Gasteiger partial charge >= 0.3 is 5.97 Å². The van der Waals surface area contributed by atoms with E-state index in [2.05, 4.69) is 0 Å². The summed E-state index contributed by atoms with van der Waals surface area (Å²) in [5.74, 6) is -2.14. The van der Waals surface area contributed by atoms with Crippen LogP contribution in [0.4, 0.5) is 14.5 Å². The van der Waals surface area contributed by atoms with E-state index in [9.17, 15) is 19.1 Å². The van der Waals surface area contributed by atoms with Crippen LogP contribution in [0.3, 0.4) is 0 Å². The topological polar surface area (TPSA) is 71.8 Å². The number of aromatic nitrogens is 1. The van der Waals surface area contributed by atoms with Gasteiger partial charge in [0.15, 0.2) is 0 Å². The Morgan fingerprint density at radius 1 is 1.31 bits per heavy atom. The van der Waals surface area contributed by atoms with Crippen molar-refractivity contribution in [1.82, 2.24) is 4.57 Å². The van der Waals surface area contributed by atoms with E-state index in [-0.39, 0.29) is 33.6 Å². The van der Waals surface area contributed by atoms with Crippen LogP contribution in [0.5, 0.6) is 0 Å². The van der Waals surface area contributed by atoms with E-state index in [0.717, 1.165) is 38.1 Å². The summed E-state index contributed by atoms with van der Waals surface area (Å²) in [6.45, 7) is 1.65. The number of aromatic carboxylic acids is 1. The summed E-state index contributed by atoms with van der Waals surface area (Å²) >= 11 is 6.54. The smallest absolute Gasteiger partial charge is 0.341 e. The van der Waals surface area contributed by atoms with Gasteiger partial charge in [-0.2, -0.15) is 0 Å². The van der Waals surface area contributed by atoms with E-state index >= 15 is 4.39 Å². The fraction of sp³-hybridized carbons (Fsp3) is 0.500. The molecule has 2 aliphatic rings. The molecule has 0 aliphatic carbocycles. The van der Waals surface area contributed by atoms with E-state index < -0.39 is 29.5 Å². The highest BCUT2D eigenvalue weighted by molar-refractivity contribution is 6.38. The molecule has 29 heavy (non-hydrogen) atoms. The highest BCUT2D eigenvalue weighted by Gasteiger charge is 2.39. The fourth-order valence-corrected chi connectivity index (χ4v) is 4.85. The SMILES string of the molecule is O=C(O)c1cn(CCF)c2c(Cl)c(N3CCC4(CCOC4)CC3)c(F)cc2c1=O. The number of carboxylic acids is 1. The van der Waals surface area contributed by atoms with Crippen LogP contribution in [0.15, 0.2) is 17.1 Å². The summed E-state index contributed by atoms with van der Waals surface area (Å²) in [5.41, 5.74) is -0.933. The molecule has 4 rings (SSSR count). The number of hydrogen-bond donors (Lipinski definition) is 1. The second-order valence-corrected chi connectivity index (χ2v) is 8.14. The lowest BCUT2D eigenvalue weighted by Gasteiger charge is -2.40. The van der Waals surface area contributed by atoms with Crippen molar-refractivity contribution >= 4 is 34.2 Å². The van der Waals surface area contributed by atoms with Crippen LogP contribution in [0.25, 0.3) is 10.9 Å². The molecule has 0 unspecified atom stereocenters. The van der Waals surface area contributed by atoms with E-state index in [4.69, 9.17) is 16.3 Å². The number of anilines is 1. The number of ether oxygens (including phenoxy) is 1. The third-order valence-electron chi connectivity index (χ3n) is 6.11. The van der Waals surface area contributed by atoms with E-state index in [1.807, 2.05) is 4.90 Å². The van der Waals surface area contributed by atoms with E-state index in [1.165, 1.54) is 4.57 Å². The molecule has 0 radical (unpaired) electrons. The Kier molecular flexibility index (Phi) is 5.25. The molecule has 0 bridgehead atoms. The average molecular weight is 427 g/mol. The number of hydrogen-bond acceptors (Lipinski definition) is 4. The van der Waals surface area contributed by atoms with Crippen LogP contribution in [-0.4, -0.2) is 48.6 Å². The minimum Gasteiger partial charge on any atom is -0.477 e. The zero-order chi connectivity index (χ0) is 20.8. The number of benzene rings is 1. The molecule has 3 heterocycles. The first-order valence-corrected chi connectivity index (χ1v) is 9.92. The van der Waals surface area contributed by atoms with Crippen molar-refractivity contribution in [2.24, 2.45) is 5.41 Å². The van der Waals surface area contributed by atoms with Gasteiger partial charge < -0.3 is 19.3 Å². The van der Waals surface area contributed by atoms with Crippen molar-refractivity contribution in [2.45, 2.75) is 25.8 Å². The van der Waals surface area contributed by atoms with Crippen molar-refractivity contribution in [2.75, 3.05) is 37.9 Å². The van der Waals surface area contributed by atoms with Gasteiger partial charge in [-0.15, -0.1) is 0 Å². The number of carbonyl (C=O) groups is 1. The van der Waals surface area contributed by atoms with Crippen molar-refractivity contribution in [3.63, 3.8) is 0 Å². The lowest BCUT2D eigenvalue weighted by Crippen LogP contribution is -2.41. The number of alkyl halides is 1. The maximum Gasteiger partial charge on any atom is 0.341 e. The molecule has 2 aromatic rings. The standard InChI is InChI=1S/C20H21ClF2N2O4/c21-15-16-12(18(26)13(19(27)28)10-25(16)7-4-22)9-14(23)17(15)24-5-1-20(2-6-24)3-8-29-11-20/h9-10H,1-8,11H2,(H,27,28). The molecule has 1 spiro atoms. The van der Waals surface area contributed by atoms with Crippen LogP contribution in [-0.2, 0) is 11.3 Å². The van der Waals surface area contributed by atoms with Crippen LogP contribution in [0.2, 0.25) is 5.02 Å². The molecule has 6 nitrogen and oxygen atoms in total. The molecule has 0 saturated carbocycles. The Hall–Kier alpha value is -2.19. The summed E-state index contributed by atoms with van der Waals surface area (Å²) in [7, 11) is 0. The van der Waals surface area contributed by atoms with Gasteiger partial charge in [-0.25, -0.2) is 13.6 Å². The van der Waals surface area contributed by atoms with Crippen LogP contribution < -0.4 is 10.3 Å². The Balaban J connectivity index is 1.82. The van der Waals surface area contributed by atoms with Crippen LogP contribution in [0.1, 0.15) is 29.6 Å². The van der Waals surface area contributed by atoms with E-state index in [1.54, 1.807) is 0 Å². The lowest BCUT2D eigenvalue weighted by atomic mass is 9.78. The number of aryl methyl sites for hydroxylation is 1. The van der Waals surface area contributed by atoms with Gasteiger partial charge in [-0.3, -0.25) is 4.79 Å². The molecule has 2 fully saturated rings. The van der Waals surface area contributed by atoms with Crippen molar-refractivity contribution in [1.29, 1.82) is 0 Å². The summed E-state index contributed by atoms with van der Waals surface area (Å²) < 4.78 is 34.9. The minimum atomic E-state index is -1.45. The first kappa shape index (κ1) is 20.1. The zero-order valence-electron chi connectivity index (χ0n) is 15.7. The van der Waals surface area contributed by atoms with Crippen molar-refractivity contribution in [3.8, 4) is 0 Å². The second-order valence-electron chi connectivity index (χ2n) is 7.77. The summed E-state index contributed by atoms with van der Waals surface area (Å²) in [5, 5.41) is 9.10. The van der Waals surface area contributed by atoms with Crippen molar-refractivity contribution < 1.29 is 23.4 Å². The normalized spacial score (nSPS) is 18.7. The summed E-state index contributed by atoms with van der Waals surface area (Å²) in [6.07, 6.45) is 3.75. The Morgan fingerprint density at radius 2 is 2.03 bits per heavy atom. The Labute approximate surface area is 170 Å². The molecule has 0 amide bonds. The minimum absolute atomic E-state index is 0.00103. The van der Waals surface area contributed by atoms with Gasteiger partial charge in [0.25, 0.3) is 0 Å². The molecule has 1 aromatic carbocycles. The number of halogens is 3. The molecule has 1 N–H and O–H groups in total. The molecule has 1 aromatic heterocycles. The summed E-state index contributed by atoms with van der Waals surface area (Å²) in [4.78, 5) is 25.8. The van der Waals surface area contributed by atoms with Gasteiger partial charge in [0, 0.05) is 25.9 Å². The van der Waals surface area contributed by atoms with Gasteiger partial charge in [-0.05, 0) is 30.7 Å². The van der Waals surface area contributed by atoms with Gasteiger partial charge in [0.1, 0.15) is 18.1 Å². The molecular weight excluding hydrogens is 406 g/mol. The molecule has 0 atom stereocenters. The monoisotopic (exact) mass is 426 g/mol. The van der Waals surface area contributed by atoms with Gasteiger partial charge in [0.05, 0.1) is 34.8 Å². The first-order valence-electron chi connectivity index (χ1n) is 9.54. The largest absolute Gasteiger partial charge is 0.477 e. The maximum atomic E-state index is 15.0. The number of fused-ring (bicyclic) bond motifs is 1. The quantitative estimate of drug-likeness (QED) is 0.810. The lowest BCUT2D eigenvalue weighted by molar-refractivity contribution is 0.0694. The first-order chi connectivity index (χ1) is 13.9. The summed E-state index contributed by atoms with van der Waals surface area (Å²) in [6, 6.07) is 1.02. The third kappa shape index (κ3) is 3.38. The van der Waals surface area contributed by atoms with Crippen molar-refractivity contribution in [3.05, 3.63) is 38.9 Å². The second kappa shape index (κ2) is 7.57. The Bertz CT molecular complexity index is 1020. The molecule has 2 saturated heterocycles. The number of carboxylic acid groups (broad SMARTS) is 1. The van der Waals surface area contributed by atoms with Gasteiger partial charge in [-0.1, -0.05) is 11.6 Å². The van der Waals surface area contributed by atoms with Crippen LogP contribution >= 0.6 is 11.6 Å².